The Hall–Kier alpha value is -6.25. The van der Waals surface area contributed by atoms with Crippen molar-refractivity contribution in [2.24, 2.45) is 11.8 Å². The molecule has 6 aliphatic rings. The molecule has 0 saturated carbocycles. The van der Waals surface area contributed by atoms with Gasteiger partial charge in [0.25, 0.3) is 11.1 Å². The zero-order chi connectivity index (χ0) is 50.4. The molecule has 6 saturated heterocycles. The van der Waals surface area contributed by atoms with Gasteiger partial charge in [-0.2, -0.15) is 10.2 Å². The Bertz CT molecular complexity index is 2960. The van der Waals surface area contributed by atoms with E-state index in [1.807, 2.05) is 4.90 Å². The molecule has 6 aliphatic heterocycles. The minimum atomic E-state index is -0.512. The number of anilines is 2. The van der Waals surface area contributed by atoms with E-state index < -0.39 is 11.6 Å². The lowest BCUT2D eigenvalue weighted by atomic mass is 9.97. The number of halogens is 2. The number of aromatic nitrogens is 12. The van der Waals surface area contributed by atoms with Crippen LogP contribution in [0.15, 0.2) is 34.4 Å². The van der Waals surface area contributed by atoms with Crippen molar-refractivity contribution in [2.75, 3.05) is 115 Å². The van der Waals surface area contributed by atoms with Gasteiger partial charge in [0.15, 0.2) is 46.4 Å². The second kappa shape index (κ2) is 22.9. The maximum absolute atomic E-state index is 14.4. The number of morpholine rings is 2. The fourth-order valence-electron chi connectivity index (χ4n) is 10.5. The number of hydrogen-bond donors (Lipinski definition) is 3. The van der Waals surface area contributed by atoms with Gasteiger partial charge in [0.2, 0.25) is 0 Å². The van der Waals surface area contributed by atoms with Crippen LogP contribution in [0.2, 0.25) is 0 Å². The number of likely N-dealkylation sites (tertiary alicyclic amines) is 1. The average molecular weight is 1010 g/mol. The Kier molecular flexibility index (Phi) is 15.8. The van der Waals surface area contributed by atoms with Crippen LogP contribution in [0.3, 0.4) is 0 Å². The second-order valence-electron chi connectivity index (χ2n) is 19.5. The summed E-state index contributed by atoms with van der Waals surface area (Å²) in [6, 6.07) is 0. The molecular formula is C48H62F2N16O7. The van der Waals surface area contributed by atoms with E-state index in [1.54, 1.807) is 26.3 Å². The molecule has 12 rings (SSSR count). The monoisotopic (exact) mass is 1010 g/mol. The Balaban J connectivity index is 0.000000140. The predicted molar refractivity (Wildman–Crippen MR) is 260 cm³/mol. The molecule has 0 bridgehead atoms. The molecule has 6 aromatic rings. The molecule has 0 aromatic carbocycles. The minimum absolute atomic E-state index is 0.00195. The van der Waals surface area contributed by atoms with Crippen molar-refractivity contribution in [3.05, 3.63) is 92.1 Å². The summed E-state index contributed by atoms with van der Waals surface area (Å²) >= 11 is 0. The average Bonchev–Trinajstić information content (AvgIpc) is 4.25. The Morgan fingerprint density at radius 1 is 0.616 bits per heavy atom. The van der Waals surface area contributed by atoms with Gasteiger partial charge in [-0.05, 0) is 44.1 Å². The molecule has 4 atom stereocenters. The van der Waals surface area contributed by atoms with Gasteiger partial charge in [-0.3, -0.25) is 19.3 Å². The molecule has 0 amide bonds. The van der Waals surface area contributed by atoms with E-state index in [1.165, 1.54) is 6.20 Å². The third-order valence-corrected chi connectivity index (χ3v) is 14.6. The standard InChI is InChI=1S/C24H31FN8O3.C15H21N5O2.C9H10FN3O2/c1-15-12-31(14-20-26-10-18(25)23(28-20)32-4-8-36-9-5-32)13-17(15)21-29-24(34)19-11-27-22(33(19)30-21)16-2-6-35-7-3-16;1-9-6-16-7-11(9)13-18-15(21)12-8-17-14(20(12)19-13)10-2-4-22-5-3-10;10-7-5-11-8(6-14)12-9(7)13-1-3-15-4-2-13/h10-11,15-17H,2-9,12-14H2,1H3,(H,29,30,34);8-11,16H,2-7H2,1H3,(H,18,19,21);5-6H,1-4H2. The van der Waals surface area contributed by atoms with E-state index in [-0.39, 0.29) is 46.4 Å². The van der Waals surface area contributed by atoms with Gasteiger partial charge in [-0.1, -0.05) is 13.8 Å². The van der Waals surface area contributed by atoms with Crippen molar-refractivity contribution in [3.63, 3.8) is 0 Å². The first-order chi connectivity index (χ1) is 35.6. The van der Waals surface area contributed by atoms with Crippen LogP contribution in [-0.4, -0.2) is 175 Å². The first-order valence-corrected chi connectivity index (χ1v) is 25.3. The van der Waals surface area contributed by atoms with Crippen LogP contribution in [0.25, 0.3) is 11.0 Å². The molecule has 12 heterocycles. The summed E-state index contributed by atoms with van der Waals surface area (Å²) in [6.45, 7) is 15.6. The molecule has 6 fully saturated rings. The molecule has 0 aliphatic carbocycles. The molecule has 25 heteroatoms. The highest BCUT2D eigenvalue weighted by atomic mass is 19.1. The van der Waals surface area contributed by atoms with E-state index in [0.29, 0.717) is 126 Å². The fraction of sp³-hybridized carbons (Fsp3) is 0.604. The van der Waals surface area contributed by atoms with Crippen LogP contribution in [-0.2, 0) is 25.5 Å². The molecule has 73 heavy (non-hydrogen) atoms. The number of fused-ring (bicyclic) bond motifs is 2. The van der Waals surface area contributed by atoms with Crippen molar-refractivity contribution in [2.45, 2.75) is 69.7 Å². The van der Waals surface area contributed by atoms with Crippen molar-refractivity contribution >= 4 is 29.0 Å². The number of nitrogens with one attached hydrogen (secondary N) is 3. The molecule has 0 spiro atoms. The van der Waals surface area contributed by atoms with E-state index in [9.17, 15) is 23.2 Å². The maximum atomic E-state index is 14.4. The lowest BCUT2D eigenvalue weighted by molar-refractivity contribution is 0.0831. The largest absolute Gasteiger partial charge is 0.381 e. The highest BCUT2D eigenvalue weighted by Crippen LogP contribution is 2.33. The molecular weight excluding hydrogens is 951 g/mol. The third kappa shape index (κ3) is 11.3. The first-order valence-electron chi connectivity index (χ1n) is 25.3. The van der Waals surface area contributed by atoms with E-state index >= 15 is 0 Å². The van der Waals surface area contributed by atoms with Crippen LogP contribution in [0.4, 0.5) is 20.4 Å². The molecule has 23 nitrogen and oxygen atoms in total. The third-order valence-electron chi connectivity index (χ3n) is 14.6. The molecule has 4 unspecified atom stereocenters. The van der Waals surface area contributed by atoms with Crippen LogP contribution < -0.4 is 26.2 Å². The smallest absolute Gasteiger partial charge is 0.276 e. The Morgan fingerprint density at radius 3 is 1.64 bits per heavy atom. The Morgan fingerprint density at radius 2 is 1.12 bits per heavy atom. The number of ether oxygens (including phenoxy) is 4. The van der Waals surface area contributed by atoms with E-state index in [0.717, 1.165) is 82.2 Å². The van der Waals surface area contributed by atoms with Crippen molar-refractivity contribution in [1.29, 1.82) is 0 Å². The number of aromatic amines is 2. The molecule has 0 radical (unpaired) electrons. The number of aldehydes is 1. The number of nitrogens with zero attached hydrogens (tertiary/aromatic N) is 13. The highest BCUT2D eigenvalue weighted by molar-refractivity contribution is 5.69. The number of rotatable bonds is 9. The second-order valence-corrected chi connectivity index (χ2v) is 19.5. The van der Waals surface area contributed by atoms with Crippen LogP contribution in [0, 0.1) is 23.5 Å². The van der Waals surface area contributed by atoms with Gasteiger partial charge < -0.3 is 44.0 Å². The van der Waals surface area contributed by atoms with Crippen LogP contribution in [0.1, 0.15) is 103 Å². The number of hydrogen-bond acceptors (Lipinski definition) is 19. The predicted octanol–water partition coefficient (Wildman–Crippen LogP) is 2.21. The van der Waals surface area contributed by atoms with Gasteiger partial charge in [0.1, 0.15) is 29.1 Å². The molecule has 6 aromatic heterocycles. The summed E-state index contributed by atoms with van der Waals surface area (Å²) in [4.78, 5) is 72.7. The lowest BCUT2D eigenvalue weighted by Crippen LogP contribution is -2.37. The van der Waals surface area contributed by atoms with Crippen molar-refractivity contribution in [1.82, 2.24) is 69.3 Å². The highest BCUT2D eigenvalue weighted by Gasteiger charge is 2.35. The Labute approximate surface area is 418 Å². The van der Waals surface area contributed by atoms with Gasteiger partial charge in [0.05, 0.1) is 57.8 Å². The normalized spacial score (nSPS) is 23.3. The van der Waals surface area contributed by atoms with Gasteiger partial charge in [0, 0.05) is 95.9 Å². The lowest BCUT2D eigenvalue weighted by Gasteiger charge is -2.28. The fourth-order valence-corrected chi connectivity index (χ4v) is 10.5. The number of H-pyrrole nitrogens is 2. The van der Waals surface area contributed by atoms with E-state index in [4.69, 9.17) is 29.1 Å². The zero-order valence-corrected chi connectivity index (χ0v) is 41.1. The molecule has 3 N–H and O–H groups in total. The SMILES string of the molecule is CC1CN(Cc2ncc(F)c(N3CCOCC3)n2)CC1c1nn2c(C3CCOCC3)ncc2c(=O)[nH]1.CC1CNCC1c1nn2c(C3CCOCC3)ncc2c(=O)[nH]1.O=Cc1ncc(F)c(N2CCOCC2)n1. The van der Waals surface area contributed by atoms with Gasteiger partial charge >= 0.3 is 0 Å². The van der Waals surface area contributed by atoms with Crippen LogP contribution >= 0.6 is 0 Å². The number of carbonyl (C=O) groups is 1. The van der Waals surface area contributed by atoms with Gasteiger partial charge in [-0.25, -0.2) is 47.7 Å². The first kappa shape index (κ1) is 50.3. The summed E-state index contributed by atoms with van der Waals surface area (Å²) in [5, 5.41) is 12.9. The summed E-state index contributed by atoms with van der Waals surface area (Å²) in [5.41, 5.74) is 0.727. The quantitative estimate of drug-likeness (QED) is 0.176. The summed E-state index contributed by atoms with van der Waals surface area (Å²) < 4.78 is 52.7. The zero-order valence-electron chi connectivity index (χ0n) is 41.1. The van der Waals surface area contributed by atoms with Crippen molar-refractivity contribution in [3.8, 4) is 0 Å². The minimum Gasteiger partial charge on any atom is -0.381 e. The van der Waals surface area contributed by atoms with Gasteiger partial charge in [-0.15, -0.1) is 0 Å². The van der Waals surface area contributed by atoms with E-state index in [2.05, 4.69) is 63.9 Å². The number of imidazole rings is 2. The summed E-state index contributed by atoms with van der Waals surface area (Å²) in [6.07, 6.45) is 9.65. The van der Waals surface area contributed by atoms with Crippen LogP contribution in [0.5, 0.6) is 0 Å². The number of carbonyl (C=O) groups excluding carboxylic acids is 1. The topological polar surface area (TPSA) is 253 Å². The summed E-state index contributed by atoms with van der Waals surface area (Å²) in [7, 11) is 0. The van der Waals surface area contributed by atoms with Crippen molar-refractivity contribution < 1.29 is 32.5 Å². The maximum Gasteiger partial charge on any atom is 0.276 e. The summed E-state index contributed by atoms with van der Waals surface area (Å²) in [5.74, 6) is 4.91. The molecule has 390 valence electrons.